The van der Waals surface area contributed by atoms with Crippen molar-refractivity contribution in [3.05, 3.63) is 23.7 Å². The first-order valence-corrected chi connectivity index (χ1v) is 7.72. The molecular formula is C14H19NO3S. The fraction of sp³-hybridized carbons (Fsp3) is 0.643. The maximum atomic E-state index is 12.2. The molecule has 0 N–H and O–H groups in total. The Kier molecular flexibility index (Phi) is 3.35. The van der Waals surface area contributed by atoms with Crippen LogP contribution in [-0.2, 0) is 4.74 Å². The molecule has 2 aliphatic heterocycles. The van der Waals surface area contributed by atoms with Crippen LogP contribution < -0.4 is 0 Å². The second-order valence-corrected chi connectivity index (χ2v) is 6.84. The van der Waals surface area contributed by atoms with E-state index in [0.29, 0.717) is 11.9 Å². The van der Waals surface area contributed by atoms with Gasteiger partial charge in [0, 0.05) is 25.4 Å². The van der Waals surface area contributed by atoms with E-state index in [9.17, 15) is 4.79 Å². The monoisotopic (exact) mass is 281 g/mol. The molecule has 1 spiro atoms. The van der Waals surface area contributed by atoms with E-state index in [4.69, 9.17) is 9.15 Å². The molecular weight excluding hydrogens is 262 g/mol. The fourth-order valence-electron chi connectivity index (χ4n) is 2.86. The van der Waals surface area contributed by atoms with E-state index < -0.39 is 0 Å². The standard InChI is InChI=1S/C14H19NO3S/c1-3-17-11-6-14(19-7-11)8-15(9-14)13(16)12-5-4-10(2)18-12/h4-5,11H,3,6-9H2,1-2H3/t11-/m1/s1. The highest BCUT2D eigenvalue weighted by molar-refractivity contribution is 8.01. The van der Waals surface area contributed by atoms with E-state index >= 15 is 0 Å². The zero-order chi connectivity index (χ0) is 13.5. The van der Waals surface area contributed by atoms with Gasteiger partial charge in [0.2, 0.25) is 0 Å². The highest BCUT2D eigenvalue weighted by Gasteiger charge is 2.51. The Morgan fingerprint density at radius 3 is 3.00 bits per heavy atom. The number of furan rings is 1. The van der Waals surface area contributed by atoms with Crippen molar-refractivity contribution in [2.75, 3.05) is 25.4 Å². The molecule has 1 amide bonds. The van der Waals surface area contributed by atoms with Crippen LogP contribution in [0.3, 0.4) is 0 Å². The predicted octanol–water partition coefficient (Wildman–Crippen LogP) is 2.32. The Balaban J connectivity index is 1.57. The van der Waals surface area contributed by atoms with Crippen molar-refractivity contribution in [3.8, 4) is 0 Å². The molecule has 1 aromatic rings. The summed E-state index contributed by atoms with van der Waals surface area (Å²) in [7, 11) is 0. The summed E-state index contributed by atoms with van der Waals surface area (Å²) in [6, 6.07) is 3.59. The number of rotatable bonds is 3. The molecule has 4 nitrogen and oxygen atoms in total. The highest BCUT2D eigenvalue weighted by atomic mass is 32.2. The van der Waals surface area contributed by atoms with Gasteiger partial charge in [-0.1, -0.05) is 0 Å². The Bertz CT molecular complexity index is 479. The summed E-state index contributed by atoms with van der Waals surface area (Å²) in [4.78, 5) is 14.1. The van der Waals surface area contributed by atoms with Crippen molar-refractivity contribution in [2.45, 2.75) is 31.1 Å². The topological polar surface area (TPSA) is 42.7 Å². The second kappa shape index (κ2) is 4.87. The van der Waals surface area contributed by atoms with Crippen LogP contribution in [0.2, 0.25) is 0 Å². The van der Waals surface area contributed by atoms with Gasteiger partial charge in [-0.3, -0.25) is 4.79 Å². The number of carbonyl (C=O) groups excluding carboxylic acids is 1. The molecule has 2 fully saturated rings. The first kappa shape index (κ1) is 13.1. The Morgan fingerprint density at radius 2 is 2.37 bits per heavy atom. The van der Waals surface area contributed by atoms with Gasteiger partial charge in [0.15, 0.2) is 5.76 Å². The van der Waals surface area contributed by atoms with Crippen molar-refractivity contribution in [1.29, 1.82) is 0 Å². The normalized spacial score (nSPS) is 24.7. The zero-order valence-electron chi connectivity index (χ0n) is 11.3. The molecule has 0 unspecified atom stereocenters. The van der Waals surface area contributed by atoms with Gasteiger partial charge in [-0.15, -0.1) is 11.8 Å². The lowest BCUT2D eigenvalue weighted by Gasteiger charge is -2.47. The molecule has 0 bridgehead atoms. The molecule has 3 heterocycles. The largest absolute Gasteiger partial charge is 0.456 e. The molecule has 2 aliphatic rings. The summed E-state index contributed by atoms with van der Waals surface area (Å²) in [5, 5.41) is 0. The van der Waals surface area contributed by atoms with Crippen molar-refractivity contribution < 1.29 is 13.9 Å². The molecule has 19 heavy (non-hydrogen) atoms. The maximum absolute atomic E-state index is 12.2. The van der Waals surface area contributed by atoms with Gasteiger partial charge >= 0.3 is 0 Å². The van der Waals surface area contributed by atoms with Gasteiger partial charge in [0.05, 0.1) is 10.9 Å². The van der Waals surface area contributed by atoms with E-state index in [1.54, 1.807) is 6.07 Å². The van der Waals surface area contributed by atoms with Gasteiger partial charge in [-0.25, -0.2) is 0 Å². The number of aryl methyl sites for hydroxylation is 1. The van der Waals surface area contributed by atoms with Crippen LogP contribution in [0.25, 0.3) is 0 Å². The van der Waals surface area contributed by atoms with Crippen molar-refractivity contribution in [2.24, 2.45) is 0 Å². The van der Waals surface area contributed by atoms with Crippen molar-refractivity contribution in [1.82, 2.24) is 4.90 Å². The lowest BCUT2D eigenvalue weighted by molar-refractivity contribution is 0.0339. The average molecular weight is 281 g/mol. The van der Waals surface area contributed by atoms with E-state index in [1.807, 2.05) is 36.6 Å². The van der Waals surface area contributed by atoms with Crippen LogP contribution in [0.15, 0.2) is 16.5 Å². The summed E-state index contributed by atoms with van der Waals surface area (Å²) in [6.45, 7) is 6.30. The quantitative estimate of drug-likeness (QED) is 0.853. The second-order valence-electron chi connectivity index (χ2n) is 5.35. The summed E-state index contributed by atoms with van der Waals surface area (Å²) in [6.07, 6.45) is 1.42. The summed E-state index contributed by atoms with van der Waals surface area (Å²) >= 11 is 1.95. The molecule has 1 aromatic heterocycles. The number of carbonyl (C=O) groups is 1. The third-order valence-electron chi connectivity index (χ3n) is 3.77. The van der Waals surface area contributed by atoms with Crippen molar-refractivity contribution in [3.63, 3.8) is 0 Å². The van der Waals surface area contributed by atoms with Crippen LogP contribution in [0.4, 0.5) is 0 Å². The summed E-state index contributed by atoms with van der Waals surface area (Å²) in [5.74, 6) is 2.30. The first-order valence-electron chi connectivity index (χ1n) is 6.73. The minimum atomic E-state index is 0.0131. The minimum absolute atomic E-state index is 0.0131. The van der Waals surface area contributed by atoms with Crippen LogP contribution in [0.5, 0.6) is 0 Å². The predicted molar refractivity (Wildman–Crippen MR) is 74.6 cm³/mol. The number of nitrogens with zero attached hydrogens (tertiary/aromatic N) is 1. The van der Waals surface area contributed by atoms with Gasteiger partial charge < -0.3 is 14.1 Å². The van der Waals surface area contributed by atoms with Gasteiger partial charge in [-0.05, 0) is 32.4 Å². The number of ether oxygens (including phenoxy) is 1. The molecule has 3 rings (SSSR count). The first-order chi connectivity index (χ1) is 9.12. The average Bonchev–Trinajstić information content (AvgIpc) is 2.94. The summed E-state index contributed by atoms with van der Waals surface area (Å²) in [5.41, 5.74) is 0. The van der Waals surface area contributed by atoms with Crippen LogP contribution in [0, 0.1) is 6.92 Å². The van der Waals surface area contributed by atoms with E-state index in [0.717, 1.165) is 37.6 Å². The molecule has 0 radical (unpaired) electrons. The summed E-state index contributed by atoms with van der Waals surface area (Å²) < 4.78 is 11.3. The fourth-order valence-corrected chi connectivity index (χ4v) is 4.42. The van der Waals surface area contributed by atoms with Gasteiger partial charge in [0.1, 0.15) is 5.76 Å². The zero-order valence-corrected chi connectivity index (χ0v) is 12.2. The maximum Gasteiger partial charge on any atom is 0.289 e. The van der Waals surface area contributed by atoms with E-state index in [-0.39, 0.29) is 10.7 Å². The lowest BCUT2D eigenvalue weighted by atomic mass is 9.92. The number of likely N-dealkylation sites (tertiary alicyclic amines) is 1. The SMILES string of the molecule is CCO[C@H]1CSC2(C1)CN(C(=O)c1ccc(C)o1)C2. The van der Waals surface area contributed by atoms with Crippen LogP contribution >= 0.6 is 11.8 Å². The Hall–Kier alpha value is -0.940. The van der Waals surface area contributed by atoms with E-state index in [1.165, 1.54) is 0 Å². The molecule has 5 heteroatoms. The van der Waals surface area contributed by atoms with Gasteiger partial charge in [0.25, 0.3) is 5.91 Å². The highest BCUT2D eigenvalue weighted by Crippen LogP contribution is 2.46. The smallest absolute Gasteiger partial charge is 0.289 e. The third kappa shape index (κ3) is 2.41. The molecule has 2 saturated heterocycles. The molecule has 0 saturated carbocycles. The minimum Gasteiger partial charge on any atom is -0.456 e. The molecule has 0 aliphatic carbocycles. The van der Waals surface area contributed by atoms with Crippen LogP contribution in [0.1, 0.15) is 29.7 Å². The molecule has 104 valence electrons. The number of hydrogen-bond acceptors (Lipinski definition) is 4. The number of thioether (sulfide) groups is 1. The van der Waals surface area contributed by atoms with Gasteiger partial charge in [-0.2, -0.15) is 0 Å². The molecule has 1 atom stereocenters. The molecule has 0 aromatic carbocycles. The lowest BCUT2D eigenvalue weighted by Crippen LogP contribution is -2.60. The third-order valence-corrected chi connectivity index (χ3v) is 5.35. The van der Waals surface area contributed by atoms with Crippen LogP contribution in [-0.4, -0.2) is 47.1 Å². The number of hydrogen-bond donors (Lipinski definition) is 0. The Labute approximate surface area is 117 Å². The van der Waals surface area contributed by atoms with Crippen molar-refractivity contribution >= 4 is 17.7 Å². The number of amides is 1. The van der Waals surface area contributed by atoms with E-state index in [2.05, 4.69) is 0 Å². The Morgan fingerprint density at radius 1 is 1.58 bits per heavy atom.